The Morgan fingerprint density at radius 1 is 1.07 bits per heavy atom. The fourth-order valence-electron chi connectivity index (χ4n) is 2.75. The Hall–Kier alpha value is -4.05. The number of rotatable bonds is 3. The highest BCUT2D eigenvalue weighted by Gasteiger charge is 2.14. The van der Waals surface area contributed by atoms with Gasteiger partial charge in [-0.25, -0.2) is 18.8 Å². The van der Waals surface area contributed by atoms with Crippen LogP contribution in [0.5, 0.6) is 0 Å². The average Bonchev–Trinajstić information content (AvgIpc) is 2.69. The summed E-state index contributed by atoms with van der Waals surface area (Å²) in [7, 11) is 0. The van der Waals surface area contributed by atoms with Crippen LogP contribution in [0.25, 0.3) is 21.4 Å². The van der Waals surface area contributed by atoms with Crippen molar-refractivity contribution >= 4 is 28.2 Å². The second-order valence-electron chi connectivity index (χ2n) is 5.74. The molecule has 7 heteroatoms. The van der Waals surface area contributed by atoms with E-state index in [4.69, 9.17) is 6.57 Å². The maximum atomic E-state index is 13.5. The lowest BCUT2D eigenvalue weighted by Gasteiger charge is -2.15. The van der Waals surface area contributed by atoms with Crippen molar-refractivity contribution < 1.29 is 4.39 Å². The van der Waals surface area contributed by atoms with E-state index in [9.17, 15) is 9.18 Å². The van der Waals surface area contributed by atoms with Crippen LogP contribution in [0, 0.1) is 12.4 Å². The molecule has 0 fully saturated rings. The van der Waals surface area contributed by atoms with E-state index in [1.807, 2.05) is 6.07 Å². The summed E-state index contributed by atoms with van der Waals surface area (Å²) >= 11 is 0. The highest BCUT2D eigenvalue weighted by molar-refractivity contribution is 5.83. The first-order valence-electron chi connectivity index (χ1n) is 8.03. The van der Waals surface area contributed by atoms with Gasteiger partial charge in [0.15, 0.2) is 5.69 Å². The van der Waals surface area contributed by atoms with Gasteiger partial charge in [0.1, 0.15) is 5.82 Å². The third-order valence-corrected chi connectivity index (χ3v) is 3.96. The largest absolute Gasteiger partial charge is 0.324 e. The van der Waals surface area contributed by atoms with Crippen LogP contribution >= 0.6 is 0 Å². The first-order chi connectivity index (χ1) is 13.2. The zero-order chi connectivity index (χ0) is 18.8. The quantitative estimate of drug-likeness (QED) is 0.558. The highest BCUT2D eigenvalue weighted by atomic mass is 19.1. The fourth-order valence-corrected chi connectivity index (χ4v) is 2.75. The third-order valence-electron chi connectivity index (χ3n) is 3.96. The minimum absolute atomic E-state index is 0.224. The van der Waals surface area contributed by atoms with Gasteiger partial charge in [0.25, 0.3) is 5.56 Å². The van der Waals surface area contributed by atoms with Gasteiger partial charge in [-0.3, -0.25) is 9.78 Å². The lowest BCUT2D eigenvalue weighted by atomic mass is 10.2. The number of hydrogen-bond donors (Lipinski definition) is 1. The second-order valence-corrected chi connectivity index (χ2v) is 5.74. The molecule has 0 radical (unpaired) electrons. The summed E-state index contributed by atoms with van der Waals surface area (Å²) in [6, 6.07) is 15.0. The monoisotopic (exact) mass is 357 g/mol. The molecule has 130 valence electrons. The first-order valence-corrected chi connectivity index (χ1v) is 8.03. The van der Waals surface area contributed by atoms with Gasteiger partial charge in [0.05, 0.1) is 41.2 Å². The molecule has 0 spiro atoms. The predicted molar refractivity (Wildman–Crippen MR) is 101 cm³/mol. The van der Waals surface area contributed by atoms with E-state index in [1.54, 1.807) is 36.4 Å². The van der Waals surface area contributed by atoms with Crippen molar-refractivity contribution in [3.8, 4) is 5.69 Å². The molecule has 2 aromatic heterocycles. The number of pyridine rings is 1. The lowest BCUT2D eigenvalue weighted by molar-refractivity contribution is 0.622. The van der Waals surface area contributed by atoms with E-state index in [-0.39, 0.29) is 11.5 Å². The van der Waals surface area contributed by atoms with Gasteiger partial charge in [0.2, 0.25) is 5.95 Å². The minimum atomic E-state index is -0.504. The normalized spacial score (nSPS) is 10.5. The van der Waals surface area contributed by atoms with Crippen LogP contribution < -0.4 is 10.9 Å². The fraction of sp³-hybridized carbons (Fsp3) is 0. The standard InChI is InChI=1S/C20H12FN5O/c1-22-14-7-8-18-17(10-14)19(27)26(16-5-3-2-4-6-16)20(25-18)24-15-9-13(21)11-23-12-15/h2-12H,(H,24,25). The molecule has 6 nitrogen and oxygen atoms in total. The Bertz CT molecular complexity index is 1240. The van der Waals surface area contributed by atoms with Gasteiger partial charge in [-0.15, -0.1) is 0 Å². The van der Waals surface area contributed by atoms with E-state index in [1.165, 1.54) is 22.9 Å². The molecule has 1 N–H and O–H groups in total. The summed E-state index contributed by atoms with van der Waals surface area (Å²) in [6.45, 7) is 7.16. The Morgan fingerprint density at radius 2 is 1.89 bits per heavy atom. The molecule has 0 bridgehead atoms. The molecule has 0 saturated carbocycles. The van der Waals surface area contributed by atoms with Crippen molar-refractivity contribution in [2.75, 3.05) is 5.32 Å². The number of hydrogen-bond acceptors (Lipinski definition) is 4. The summed E-state index contributed by atoms with van der Waals surface area (Å²) in [4.78, 5) is 24.9. The van der Waals surface area contributed by atoms with E-state index in [0.717, 1.165) is 6.20 Å². The maximum Gasteiger partial charge on any atom is 0.266 e. The van der Waals surface area contributed by atoms with E-state index in [2.05, 4.69) is 20.1 Å². The van der Waals surface area contributed by atoms with Gasteiger partial charge in [-0.1, -0.05) is 24.3 Å². The van der Waals surface area contributed by atoms with Gasteiger partial charge < -0.3 is 5.32 Å². The van der Waals surface area contributed by atoms with Crippen LogP contribution in [0.2, 0.25) is 0 Å². The Balaban J connectivity index is 1.99. The SMILES string of the molecule is [C-]#[N+]c1ccc2nc(Nc3cncc(F)c3)n(-c3ccccc3)c(=O)c2c1. The third kappa shape index (κ3) is 3.12. The number of halogens is 1. The van der Waals surface area contributed by atoms with E-state index < -0.39 is 5.82 Å². The Kier molecular flexibility index (Phi) is 4.07. The van der Waals surface area contributed by atoms with Crippen LogP contribution in [0.15, 0.2) is 71.8 Å². The topological polar surface area (TPSA) is 64.2 Å². The van der Waals surface area contributed by atoms with Crippen LogP contribution in [0.4, 0.5) is 21.7 Å². The molecule has 4 rings (SSSR count). The van der Waals surface area contributed by atoms with Crippen LogP contribution in [-0.2, 0) is 0 Å². The van der Waals surface area contributed by atoms with Crippen LogP contribution in [0.1, 0.15) is 0 Å². The van der Waals surface area contributed by atoms with Gasteiger partial charge >= 0.3 is 0 Å². The second kappa shape index (κ2) is 6.69. The zero-order valence-corrected chi connectivity index (χ0v) is 13.9. The van der Waals surface area contributed by atoms with Crippen molar-refractivity contribution in [1.82, 2.24) is 14.5 Å². The first kappa shape index (κ1) is 16.4. The summed E-state index contributed by atoms with van der Waals surface area (Å²) in [5, 5.41) is 3.29. The van der Waals surface area contributed by atoms with Gasteiger partial charge in [-0.2, -0.15) is 0 Å². The number of nitrogens with one attached hydrogen (secondary N) is 1. The maximum absolute atomic E-state index is 13.5. The molecule has 0 aliphatic heterocycles. The van der Waals surface area contributed by atoms with Crippen molar-refractivity contribution in [1.29, 1.82) is 0 Å². The number of para-hydroxylation sites is 1. The number of anilines is 2. The molecule has 0 unspecified atom stereocenters. The number of aromatic nitrogens is 3. The van der Waals surface area contributed by atoms with Crippen molar-refractivity contribution in [3.05, 3.63) is 94.6 Å². The molecular formula is C20H12FN5O. The average molecular weight is 357 g/mol. The Labute approximate surface area is 153 Å². The number of benzene rings is 2. The highest BCUT2D eigenvalue weighted by Crippen LogP contribution is 2.23. The van der Waals surface area contributed by atoms with Crippen LogP contribution in [0.3, 0.4) is 0 Å². The lowest BCUT2D eigenvalue weighted by Crippen LogP contribution is -2.22. The number of fused-ring (bicyclic) bond motifs is 1. The summed E-state index contributed by atoms with van der Waals surface area (Å²) in [5.74, 6) is -0.280. The van der Waals surface area contributed by atoms with E-state index >= 15 is 0 Å². The molecule has 0 aliphatic rings. The summed E-state index contributed by atoms with van der Waals surface area (Å²) < 4.78 is 14.9. The van der Waals surface area contributed by atoms with Crippen LogP contribution in [-0.4, -0.2) is 14.5 Å². The predicted octanol–water partition coefficient (Wildman–Crippen LogP) is 4.21. The zero-order valence-electron chi connectivity index (χ0n) is 13.9. The molecule has 2 aromatic carbocycles. The molecule has 0 atom stereocenters. The molecule has 0 aliphatic carbocycles. The molecule has 4 aromatic rings. The molecular weight excluding hydrogens is 345 g/mol. The summed E-state index contributed by atoms with van der Waals surface area (Å²) in [6.07, 6.45) is 2.53. The molecule has 2 heterocycles. The van der Waals surface area contributed by atoms with Crippen molar-refractivity contribution in [2.45, 2.75) is 0 Å². The smallest absolute Gasteiger partial charge is 0.266 e. The van der Waals surface area contributed by atoms with Gasteiger partial charge in [-0.05, 0) is 24.3 Å². The van der Waals surface area contributed by atoms with Crippen molar-refractivity contribution in [3.63, 3.8) is 0 Å². The van der Waals surface area contributed by atoms with Crippen molar-refractivity contribution in [2.24, 2.45) is 0 Å². The van der Waals surface area contributed by atoms with Gasteiger partial charge in [0, 0.05) is 6.07 Å². The summed E-state index contributed by atoms with van der Waals surface area (Å²) in [5.41, 5.74) is 1.42. The Morgan fingerprint density at radius 3 is 2.63 bits per heavy atom. The molecule has 0 amide bonds. The molecule has 27 heavy (non-hydrogen) atoms. The van der Waals surface area contributed by atoms with E-state index in [0.29, 0.717) is 28.0 Å². The minimum Gasteiger partial charge on any atom is -0.324 e. The number of nitrogens with zero attached hydrogens (tertiary/aromatic N) is 4. The molecule has 0 saturated heterocycles.